The quantitative estimate of drug-likeness (QED) is 0.840. The summed E-state index contributed by atoms with van der Waals surface area (Å²) in [5.41, 5.74) is 4.03. The van der Waals surface area contributed by atoms with Gasteiger partial charge in [0.1, 0.15) is 10.1 Å². The van der Waals surface area contributed by atoms with Crippen LogP contribution in [0.25, 0.3) is 0 Å². The molecule has 84 valence electrons. The molecule has 1 aliphatic rings. The molecule has 1 aliphatic heterocycles. The Morgan fingerprint density at radius 2 is 2.00 bits per heavy atom. The zero-order chi connectivity index (χ0) is 11.8. The molecule has 4 nitrogen and oxygen atoms in total. The summed E-state index contributed by atoms with van der Waals surface area (Å²) in [5.74, 6) is 0.622. The Hall–Kier alpha value is -1.36. The fourth-order valence-electron chi connectivity index (χ4n) is 1.51. The van der Waals surface area contributed by atoms with Crippen LogP contribution in [-0.4, -0.2) is 23.1 Å². The molecule has 1 aromatic rings. The second-order valence-corrected chi connectivity index (χ2v) is 5.22. The number of hydrogen-bond donors (Lipinski definition) is 1. The molecule has 5 heteroatoms. The van der Waals surface area contributed by atoms with Gasteiger partial charge in [0.2, 0.25) is 0 Å². The lowest BCUT2D eigenvalue weighted by Gasteiger charge is -2.14. The van der Waals surface area contributed by atoms with Crippen molar-refractivity contribution < 1.29 is 9.53 Å². The van der Waals surface area contributed by atoms with Gasteiger partial charge < -0.3 is 4.74 Å². The van der Waals surface area contributed by atoms with E-state index < -0.39 is 4.32 Å². The molecule has 1 aromatic carbocycles. The van der Waals surface area contributed by atoms with Gasteiger partial charge in [0, 0.05) is 0 Å². The maximum atomic E-state index is 11.5. The summed E-state index contributed by atoms with van der Waals surface area (Å²) in [4.78, 5) is 11.5. The molecule has 2 rings (SSSR count). The maximum Gasteiger partial charge on any atom is 0.262 e. The molecular weight excluding hydrogens is 272 g/mol. The number of nitrogens with zero attached hydrogens (tertiary/aromatic N) is 1. The van der Waals surface area contributed by atoms with Crippen molar-refractivity contribution in [2.75, 3.05) is 7.11 Å². The highest BCUT2D eigenvalue weighted by molar-refractivity contribution is 9.10. The van der Waals surface area contributed by atoms with Crippen molar-refractivity contribution in [1.29, 1.82) is 0 Å². The van der Waals surface area contributed by atoms with Crippen LogP contribution in [0.5, 0.6) is 5.75 Å². The van der Waals surface area contributed by atoms with Gasteiger partial charge in [0.25, 0.3) is 5.91 Å². The second-order valence-electron chi connectivity index (χ2n) is 3.63. The summed E-state index contributed by atoms with van der Waals surface area (Å²) < 4.78 is 4.31. The predicted octanol–water partition coefficient (Wildman–Crippen LogP) is 1.68. The average Bonchev–Trinajstić information content (AvgIpc) is 2.54. The Labute approximate surface area is 102 Å². The Kier molecular flexibility index (Phi) is 2.71. The number of methoxy groups -OCH3 is 1. The van der Waals surface area contributed by atoms with E-state index in [1.54, 1.807) is 14.0 Å². The Bertz CT molecular complexity index is 452. The second kappa shape index (κ2) is 3.90. The highest BCUT2D eigenvalue weighted by atomic mass is 79.9. The van der Waals surface area contributed by atoms with Crippen LogP contribution < -0.4 is 10.2 Å². The van der Waals surface area contributed by atoms with Crippen LogP contribution >= 0.6 is 15.9 Å². The fourth-order valence-corrected chi connectivity index (χ4v) is 1.91. The van der Waals surface area contributed by atoms with Crippen molar-refractivity contribution in [3.8, 4) is 5.75 Å². The van der Waals surface area contributed by atoms with E-state index in [1.165, 1.54) is 0 Å². The van der Waals surface area contributed by atoms with Crippen LogP contribution in [0.15, 0.2) is 29.4 Å². The van der Waals surface area contributed by atoms with E-state index in [-0.39, 0.29) is 5.91 Å². The molecule has 1 heterocycles. The Morgan fingerprint density at radius 3 is 2.44 bits per heavy atom. The van der Waals surface area contributed by atoms with Gasteiger partial charge in [-0.1, -0.05) is 15.9 Å². The van der Waals surface area contributed by atoms with Crippen molar-refractivity contribution in [1.82, 2.24) is 5.43 Å². The minimum absolute atomic E-state index is 0.154. The summed E-state index contributed by atoms with van der Waals surface area (Å²) in [7, 11) is 1.61. The molecule has 0 aliphatic carbocycles. The van der Waals surface area contributed by atoms with Gasteiger partial charge >= 0.3 is 0 Å². The van der Waals surface area contributed by atoms with Gasteiger partial charge in [-0.3, -0.25) is 4.79 Å². The summed E-state index contributed by atoms with van der Waals surface area (Å²) >= 11 is 3.37. The van der Waals surface area contributed by atoms with Crippen molar-refractivity contribution in [2.24, 2.45) is 5.10 Å². The SMILES string of the molecule is COc1ccc(C2=NNC(=O)[C@@]2(C)Br)cc1. The monoisotopic (exact) mass is 282 g/mol. The maximum absolute atomic E-state index is 11.5. The number of hydrazone groups is 1. The molecule has 1 amide bonds. The molecule has 0 fully saturated rings. The number of carbonyl (C=O) groups excluding carboxylic acids is 1. The van der Waals surface area contributed by atoms with Gasteiger partial charge in [-0.2, -0.15) is 5.10 Å². The molecule has 0 radical (unpaired) electrons. The van der Waals surface area contributed by atoms with Gasteiger partial charge in [-0.05, 0) is 36.8 Å². The molecule has 1 N–H and O–H groups in total. The molecule has 16 heavy (non-hydrogen) atoms. The summed E-state index contributed by atoms with van der Waals surface area (Å²) in [6, 6.07) is 7.42. The van der Waals surface area contributed by atoms with E-state index in [9.17, 15) is 4.79 Å². The molecule has 1 atom stereocenters. The van der Waals surface area contributed by atoms with Crippen molar-refractivity contribution in [3.63, 3.8) is 0 Å². The normalized spacial score (nSPS) is 23.9. The smallest absolute Gasteiger partial charge is 0.262 e. The summed E-state index contributed by atoms with van der Waals surface area (Å²) in [6.07, 6.45) is 0. The first-order chi connectivity index (χ1) is 7.55. The zero-order valence-corrected chi connectivity index (χ0v) is 10.5. The first-order valence-electron chi connectivity index (χ1n) is 4.77. The fraction of sp³-hybridized carbons (Fsp3) is 0.273. The van der Waals surface area contributed by atoms with Gasteiger partial charge in [0.05, 0.1) is 12.8 Å². The van der Waals surface area contributed by atoms with Crippen molar-refractivity contribution >= 4 is 27.5 Å². The van der Waals surface area contributed by atoms with Crippen LogP contribution in [0.2, 0.25) is 0 Å². The topological polar surface area (TPSA) is 50.7 Å². The lowest BCUT2D eigenvalue weighted by Crippen LogP contribution is -2.36. The molecule has 0 bridgehead atoms. The lowest BCUT2D eigenvalue weighted by atomic mass is 9.98. The number of rotatable bonds is 2. The number of ether oxygens (including phenoxy) is 1. The van der Waals surface area contributed by atoms with Crippen LogP contribution in [0, 0.1) is 0 Å². The number of amides is 1. The Morgan fingerprint density at radius 1 is 1.38 bits per heavy atom. The van der Waals surface area contributed by atoms with E-state index in [2.05, 4.69) is 26.5 Å². The predicted molar refractivity (Wildman–Crippen MR) is 65.0 cm³/mol. The number of nitrogens with one attached hydrogen (secondary N) is 1. The third kappa shape index (κ3) is 1.71. The molecule has 0 spiro atoms. The summed E-state index contributed by atoms with van der Waals surface area (Å²) in [6.45, 7) is 1.78. The van der Waals surface area contributed by atoms with E-state index in [0.717, 1.165) is 11.3 Å². The number of benzene rings is 1. The van der Waals surface area contributed by atoms with Crippen molar-refractivity contribution in [3.05, 3.63) is 29.8 Å². The first-order valence-corrected chi connectivity index (χ1v) is 5.57. The van der Waals surface area contributed by atoms with Crippen LogP contribution in [0.1, 0.15) is 12.5 Å². The first kappa shape index (κ1) is 11.1. The molecular formula is C11H11BrN2O2. The third-order valence-corrected chi connectivity index (χ3v) is 3.24. The largest absolute Gasteiger partial charge is 0.497 e. The third-order valence-electron chi connectivity index (χ3n) is 2.50. The highest BCUT2D eigenvalue weighted by Gasteiger charge is 2.41. The van der Waals surface area contributed by atoms with E-state index in [0.29, 0.717) is 5.71 Å². The number of halogens is 1. The molecule has 0 saturated heterocycles. The van der Waals surface area contributed by atoms with E-state index >= 15 is 0 Å². The molecule has 0 unspecified atom stereocenters. The molecule has 0 saturated carbocycles. The number of alkyl halides is 1. The van der Waals surface area contributed by atoms with Crippen molar-refractivity contribution in [2.45, 2.75) is 11.2 Å². The van der Waals surface area contributed by atoms with Gasteiger partial charge in [-0.25, -0.2) is 5.43 Å². The zero-order valence-electron chi connectivity index (χ0n) is 8.95. The highest BCUT2D eigenvalue weighted by Crippen LogP contribution is 2.28. The van der Waals surface area contributed by atoms with Crippen LogP contribution in [0.4, 0.5) is 0 Å². The number of hydrogen-bond acceptors (Lipinski definition) is 3. The van der Waals surface area contributed by atoms with E-state index in [4.69, 9.17) is 4.74 Å². The van der Waals surface area contributed by atoms with Gasteiger partial charge in [-0.15, -0.1) is 0 Å². The summed E-state index contributed by atoms with van der Waals surface area (Å²) in [5, 5.41) is 4.02. The molecule has 0 aromatic heterocycles. The Balaban J connectivity index is 2.35. The van der Waals surface area contributed by atoms with E-state index in [1.807, 2.05) is 24.3 Å². The number of carbonyl (C=O) groups is 1. The minimum Gasteiger partial charge on any atom is -0.497 e. The lowest BCUT2D eigenvalue weighted by molar-refractivity contribution is -0.120. The van der Waals surface area contributed by atoms with Crippen LogP contribution in [-0.2, 0) is 4.79 Å². The minimum atomic E-state index is -0.762. The van der Waals surface area contributed by atoms with Gasteiger partial charge in [0.15, 0.2) is 0 Å². The standard InChI is InChI=1S/C11H11BrN2O2/c1-11(12)9(13-14-10(11)15)7-3-5-8(16-2)6-4-7/h3-6H,1-2H3,(H,14,15)/t11-/m0/s1. The average molecular weight is 283 g/mol. The van der Waals surface area contributed by atoms with Crippen LogP contribution in [0.3, 0.4) is 0 Å².